The van der Waals surface area contributed by atoms with Crippen molar-refractivity contribution in [1.29, 1.82) is 0 Å². The van der Waals surface area contributed by atoms with Crippen LogP contribution in [0.3, 0.4) is 0 Å². The van der Waals surface area contributed by atoms with Crippen molar-refractivity contribution in [2.24, 2.45) is 5.92 Å². The van der Waals surface area contributed by atoms with Crippen LogP contribution in [0.5, 0.6) is 0 Å². The van der Waals surface area contributed by atoms with Crippen LogP contribution in [0.25, 0.3) is 0 Å². The number of rotatable bonds is 6. The molecule has 0 radical (unpaired) electrons. The van der Waals surface area contributed by atoms with E-state index in [0.29, 0.717) is 0 Å². The third-order valence-corrected chi connectivity index (χ3v) is 4.23. The second-order valence-electron chi connectivity index (χ2n) is 4.75. The minimum atomic E-state index is -0.957. The molecule has 1 aromatic rings. The molecule has 1 heterocycles. The Balaban J connectivity index is 1.90. The Labute approximate surface area is 116 Å². The number of hydrogen-bond donors (Lipinski definition) is 3. The summed E-state index contributed by atoms with van der Waals surface area (Å²) in [6.45, 7) is 1.99. The van der Waals surface area contributed by atoms with E-state index >= 15 is 0 Å². The van der Waals surface area contributed by atoms with Gasteiger partial charge in [0.2, 0.25) is 0 Å². The molecule has 1 saturated carbocycles. The smallest absolute Gasteiger partial charge is 0.326 e. The van der Waals surface area contributed by atoms with E-state index in [1.165, 1.54) is 0 Å². The van der Waals surface area contributed by atoms with Crippen LogP contribution in [0.4, 0.5) is 4.79 Å². The van der Waals surface area contributed by atoms with Gasteiger partial charge in [-0.3, -0.25) is 0 Å². The summed E-state index contributed by atoms with van der Waals surface area (Å²) in [7, 11) is 0. The minimum Gasteiger partial charge on any atom is -0.480 e. The molecule has 19 heavy (non-hydrogen) atoms. The molecule has 0 bridgehead atoms. The van der Waals surface area contributed by atoms with Gasteiger partial charge in [0, 0.05) is 4.88 Å². The molecule has 2 amide bonds. The molecule has 5 nitrogen and oxygen atoms in total. The first-order valence-electron chi connectivity index (χ1n) is 6.45. The van der Waals surface area contributed by atoms with Crippen LogP contribution in [-0.2, 0) is 4.79 Å². The number of carbonyl (C=O) groups excluding carboxylic acids is 1. The number of amides is 2. The fraction of sp³-hybridized carbons (Fsp3) is 0.538. The molecule has 104 valence electrons. The summed E-state index contributed by atoms with van der Waals surface area (Å²) in [4.78, 5) is 24.0. The normalized spacial score (nSPS) is 17.5. The zero-order valence-electron chi connectivity index (χ0n) is 10.8. The van der Waals surface area contributed by atoms with Gasteiger partial charge in [0.25, 0.3) is 0 Å². The lowest BCUT2D eigenvalue weighted by molar-refractivity contribution is -0.139. The van der Waals surface area contributed by atoms with Gasteiger partial charge in [-0.05, 0) is 36.6 Å². The molecule has 0 aromatic carbocycles. The summed E-state index contributed by atoms with van der Waals surface area (Å²) in [5.41, 5.74) is 0. The molecule has 6 heteroatoms. The maximum atomic E-state index is 11.9. The van der Waals surface area contributed by atoms with Crippen LogP contribution >= 0.6 is 11.3 Å². The molecular weight excluding hydrogens is 264 g/mol. The highest BCUT2D eigenvalue weighted by Gasteiger charge is 2.37. The largest absolute Gasteiger partial charge is 0.480 e. The van der Waals surface area contributed by atoms with E-state index in [1.54, 1.807) is 11.3 Å². The predicted molar refractivity (Wildman–Crippen MR) is 73.2 cm³/mol. The minimum absolute atomic E-state index is 0.0614. The van der Waals surface area contributed by atoms with Gasteiger partial charge in [-0.1, -0.05) is 13.0 Å². The number of aliphatic carboxylic acids is 1. The number of carbonyl (C=O) groups is 2. The fourth-order valence-corrected chi connectivity index (χ4v) is 2.88. The van der Waals surface area contributed by atoms with E-state index in [9.17, 15) is 9.59 Å². The molecule has 0 aliphatic heterocycles. The van der Waals surface area contributed by atoms with E-state index < -0.39 is 18.0 Å². The van der Waals surface area contributed by atoms with Crippen LogP contribution in [0, 0.1) is 5.92 Å². The Morgan fingerprint density at radius 1 is 1.47 bits per heavy atom. The molecule has 1 aromatic heterocycles. The lowest BCUT2D eigenvalue weighted by Crippen LogP contribution is -2.47. The van der Waals surface area contributed by atoms with Crippen LogP contribution in [0.15, 0.2) is 17.5 Å². The SMILES string of the molecule is CCC(NC(=O)NC(C(=O)O)C1CC1)c1cccs1. The van der Waals surface area contributed by atoms with Crippen molar-refractivity contribution in [1.82, 2.24) is 10.6 Å². The maximum Gasteiger partial charge on any atom is 0.326 e. The lowest BCUT2D eigenvalue weighted by atomic mass is 10.2. The number of hydrogen-bond acceptors (Lipinski definition) is 3. The van der Waals surface area contributed by atoms with E-state index in [-0.39, 0.29) is 12.0 Å². The van der Waals surface area contributed by atoms with E-state index in [2.05, 4.69) is 10.6 Å². The molecule has 0 spiro atoms. The van der Waals surface area contributed by atoms with Gasteiger partial charge in [-0.2, -0.15) is 0 Å². The topological polar surface area (TPSA) is 78.4 Å². The molecule has 3 N–H and O–H groups in total. The zero-order valence-corrected chi connectivity index (χ0v) is 11.6. The van der Waals surface area contributed by atoms with Crippen molar-refractivity contribution in [3.8, 4) is 0 Å². The van der Waals surface area contributed by atoms with Gasteiger partial charge in [0.1, 0.15) is 6.04 Å². The molecule has 1 aliphatic rings. The number of nitrogens with one attached hydrogen (secondary N) is 2. The average Bonchev–Trinajstić information content (AvgIpc) is 3.07. The average molecular weight is 282 g/mol. The molecule has 2 unspecified atom stereocenters. The van der Waals surface area contributed by atoms with Gasteiger partial charge < -0.3 is 15.7 Å². The van der Waals surface area contributed by atoms with Gasteiger partial charge in [0.15, 0.2) is 0 Å². The quantitative estimate of drug-likeness (QED) is 0.749. The number of thiophene rings is 1. The first-order chi connectivity index (χ1) is 9.11. The zero-order chi connectivity index (χ0) is 13.8. The lowest BCUT2D eigenvalue weighted by Gasteiger charge is -2.19. The van der Waals surface area contributed by atoms with Crippen molar-refractivity contribution in [3.05, 3.63) is 22.4 Å². The Hall–Kier alpha value is -1.56. The highest BCUT2D eigenvalue weighted by molar-refractivity contribution is 7.10. The summed E-state index contributed by atoms with van der Waals surface area (Å²) < 4.78 is 0. The highest BCUT2D eigenvalue weighted by Crippen LogP contribution is 2.32. The van der Waals surface area contributed by atoms with E-state index in [4.69, 9.17) is 5.11 Å². The molecule has 2 atom stereocenters. The Morgan fingerprint density at radius 2 is 2.21 bits per heavy atom. The molecule has 1 fully saturated rings. The van der Waals surface area contributed by atoms with Crippen molar-refractivity contribution >= 4 is 23.3 Å². The second kappa shape index (κ2) is 6.06. The summed E-state index contributed by atoms with van der Waals surface area (Å²) in [6.07, 6.45) is 2.52. The van der Waals surface area contributed by atoms with E-state index in [1.807, 2.05) is 24.4 Å². The highest BCUT2D eigenvalue weighted by atomic mass is 32.1. The van der Waals surface area contributed by atoms with Gasteiger partial charge in [0.05, 0.1) is 6.04 Å². The van der Waals surface area contributed by atoms with Crippen LogP contribution < -0.4 is 10.6 Å². The van der Waals surface area contributed by atoms with Crippen molar-refractivity contribution in [2.45, 2.75) is 38.3 Å². The molecule has 0 saturated heterocycles. The van der Waals surface area contributed by atoms with Crippen molar-refractivity contribution in [3.63, 3.8) is 0 Å². The predicted octanol–water partition coefficient (Wildman–Crippen LogP) is 2.36. The third kappa shape index (κ3) is 3.70. The Bertz CT molecular complexity index is 443. The first kappa shape index (κ1) is 13.9. The van der Waals surface area contributed by atoms with Crippen molar-refractivity contribution in [2.75, 3.05) is 0 Å². The fourth-order valence-electron chi connectivity index (χ4n) is 2.02. The summed E-state index contributed by atoms with van der Waals surface area (Å²) in [5, 5.41) is 16.4. The number of urea groups is 1. The molecule has 2 rings (SSSR count). The second-order valence-corrected chi connectivity index (χ2v) is 5.73. The standard InChI is InChI=1S/C13H18N2O3S/c1-2-9(10-4-3-7-19-10)14-13(18)15-11(12(16)17)8-5-6-8/h3-4,7-9,11H,2,5-6H2,1H3,(H,16,17)(H2,14,15,18). The first-order valence-corrected chi connectivity index (χ1v) is 7.33. The van der Waals surface area contributed by atoms with Crippen LogP contribution in [-0.4, -0.2) is 23.1 Å². The molecule has 1 aliphatic carbocycles. The van der Waals surface area contributed by atoms with Gasteiger partial charge >= 0.3 is 12.0 Å². The summed E-state index contributed by atoms with van der Waals surface area (Å²) in [5.74, 6) is -0.869. The number of carboxylic acid groups (broad SMARTS) is 1. The van der Waals surface area contributed by atoms with Gasteiger partial charge in [-0.15, -0.1) is 11.3 Å². The maximum absolute atomic E-state index is 11.9. The van der Waals surface area contributed by atoms with Crippen LogP contribution in [0.2, 0.25) is 0 Å². The summed E-state index contributed by atoms with van der Waals surface area (Å²) in [6, 6.07) is 2.68. The summed E-state index contributed by atoms with van der Waals surface area (Å²) >= 11 is 1.58. The van der Waals surface area contributed by atoms with Gasteiger partial charge in [-0.25, -0.2) is 9.59 Å². The van der Waals surface area contributed by atoms with E-state index in [0.717, 1.165) is 24.1 Å². The van der Waals surface area contributed by atoms with Crippen molar-refractivity contribution < 1.29 is 14.7 Å². The monoisotopic (exact) mass is 282 g/mol. The Kier molecular flexibility index (Phi) is 4.42. The molecular formula is C13H18N2O3S. The van der Waals surface area contributed by atoms with Crippen LogP contribution in [0.1, 0.15) is 37.1 Å². The third-order valence-electron chi connectivity index (χ3n) is 3.25. The number of carboxylic acids is 1. The Morgan fingerprint density at radius 3 is 2.68 bits per heavy atom.